The summed E-state index contributed by atoms with van der Waals surface area (Å²) < 4.78 is 22.6. The highest BCUT2D eigenvalue weighted by Crippen LogP contribution is 2.41. The number of phenolic OH excluding ortho intramolecular Hbond substituents is 1. The fourth-order valence-electron chi connectivity index (χ4n) is 4.26. The Morgan fingerprint density at radius 3 is 2.22 bits per heavy atom. The molecule has 0 spiro atoms. The van der Waals surface area contributed by atoms with Crippen LogP contribution in [0.15, 0.2) is 55.1 Å². The molecule has 9 heteroatoms. The molecule has 0 aromatic heterocycles. The summed E-state index contributed by atoms with van der Waals surface area (Å²) in [7, 11) is 0. The number of benzene rings is 2. The van der Waals surface area contributed by atoms with E-state index >= 15 is 0 Å². The maximum atomic E-state index is 12.0. The number of carbonyl (C=O) groups excluding carboxylic acids is 3. The minimum Gasteiger partial charge on any atom is -0.508 e. The van der Waals surface area contributed by atoms with Crippen molar-refractivity contribution in [2.24, 2.45) is 5.92 Å². The quantitative estimate of drug-likeness (QED) is 0.314. The number of esters is 3. The number of carbonyl (C=O) groups is 3. The lowest BCUT2D eigenvalue weighted by molar-refractivity contribution is -0.228. The number of halogens is 1. The lowest BCUT2D eigenvalue weighted by Gasteiger charge is -2.44. The average Bonchev–Trinajstić information content (AvgIpc) is 2.81. The van der Waals surface area contributed by atoms with Crippen LogP contribution in [0.2, 0.25) is 5.02 Å². The molecule has 2 aromatic rings. The van der Waals surface area contributed by atoms with Crippen molar-refractivity contribution in [3.8, 4) is 5.75 Å². The maximum absolute atomic E-state index is 12.0. The van der Waals surface area contributed by atoms with Gasteiger partial charge in [0.15, 0.2) is 12.2 Å². The van der Waals surface area contributed by atoms with Gasteiger partial charge in [0.1, 0.15) is 18.5 Å². The van der Waals surface area contributed by atoms with E-state index in [-0.39, 0.29) is 12.4 Å². The molecular formula is C27H29ClO8. The molecule has 1 saturated heterocycles. The molecule has 2 aromatic carbocycles. The van der Waals surface area contributed by atoms with Gasteiger partial charge in [-0.15, -0.1) is 6.58 Å². The average molecular weight is 517 g/mol. The van der Waals surface area contributed by atoms with Crippen LogP contribution in [0.1, 0.15) is 43.6 Å². The molecule has 0 unspecified atom stereocenters. The SMILES string of the molecule is C=C[C@@H]1[C@@H](OC(C)=O)[C@H](OC(C)=O)[C@@H](COC(C)=O)O[C@H]1c1ccc(Cl)c(Cc2ccc(O)cc2)c1. The summed E-state index contributed by atoms with van der Waals surface area (Å²) in [6.45, 7) is 7.44. The molecule has 36 heavy (non-hydrogen) atoms. The van der Waals surface area contributed by atoms with Gasteiger partial charge in [0.05, 0.1) is 6.10 Å². The maximum Gasteiger partial charge on any atom is 0.303 e. The number of ether oxygens (including phenoxy) is 4. The van der Waals surface area contributed by atoms with Gasteiger partial charge < -0.3 is 24.1 Å². The zero-order chi connectivity index (χ0) is 26.4. The Morgan fingerprint density at radius 2 is 1.64 bits per heavy atom. The van der Waals surface area contributed by atoms with Gasteiger partial charge in [-0.25, -0.2) is 0 Å². The highest BCUT2D eigenvalue weighted by atomic mass is 35.5. The van der Waals surface area contributed by atoms with Crippen LogP contribution >= 0.6 is 11.6 Å². The fourth-order valence-corrected chi connectivity index (χ4v) is 4.45. The van der Waals surface area contributed by atoms with Crippen molar-refractivity contribution in [1.82, 2.24) is 0 Å². The molecule has 0 amide bonds. The Kier molecular flexibility index (Phi) is 9.12. The van der Waals surface area contributed by atoms with E-state index in [0.717, 1.165) is 16.7 Å². The van der Waals surface area contributed by atoms with Gasteiger partial charge in [-0.3, -0.25) is 14.4 Å². The topological polar surface area (TPSA) is 108 Å². The predicted molar refractivity (Wildman–Crippen MR) is 131 cm³/mol. The van der Waals surface area contributed by atoms with Crippen LogP contribution in [0, 0.1) is 5.92 Å². The minimum atomic E-state index is -1.02. The second kappa shape index (κ2) is 12.1. The van der Waals surface area contributed by atoms with Crippen molar-refractivity contribution < 1.29 is 38.4 Å². The largest absolute Gasteiger partial charge is 0.508 e. The molecule has 8 nitrogen and oxygen atoms in total. The summed E-state index contributed by atoms with van der Waals surface area (Å²) in [6.07, 6.45) is -1.44. The van der Waals surface area contributed by atoms with E-state index in [1.54, 1.807) is 42.5 Å². The standard InChI is InChI=1S/C27H29ClO8/c1-5-22-25(19-8-11-23(28)20(13-19)12-18-6-9-21(32)10-7-18)36-24(14-33-15(2)29)27(35-17(4)31)26(22)34-16(3)30/h5-11,13,22,24-27,32H,1,12,14H2,2-4H3/t22-,24+,25-,26+,27+/m0/s1. The molecule has 0 bridgehead atoms. The molecule has 1 aliphatic rings. The van der Waals surface area contributed by atoms with Crippen LogP contribution in [0.4, 0.5) is 0 Å². The molecular weight excluding hydrogens is 488 g/mol. The van der Waals surface area contributed by atoms with E-state index in [4.69, 9.17) is 30.5 Å². The predicted octanol–water partition coefficient (Wildman–Crippen LogP) is 4.31. The van der Waals surface area contributed by atoms with Gasteiger partial charge in [0.2, 0.25) is 0 Å². The zero-order valence-corrected chi connectivity index (χ0v) is 21.1. The third-order valence-electron chi connectivity index (χ3n) is 5.80. The fraction of sp³-hybridized carbons (Fsp3) is 0.370. The van der Waals surface area contributed by atoms with E-state index in [9.17, 15) is 19.5 Å². The highest BCUT2D eigenvalue weighted by molar-refractivity contribution is 6.31. The molecule has 0 radical (unpaired) electrons. The third kappa shape index (κ3) is 6.86. The van der Waals surface area contributed by atoms with E-state index in [0.29, 0.717) is 11.4 Å². The van der Waals surface area contributed by atoms with E-state index in [2.05, 4.69) is 6.58 Å². The first-order valence-electron chi connectivity index (χ1n) is 11.4. The smallest absolute Gasteiger partial charge is 0.303 e. The van der Waals surface area contributed by atoms with Gasteiger partial charge in [0.25, 0.3) is 0 Å². The Balaban J connectivity index is 2.00. The van der Waals surface area contributed by atoms with Crippen LogP contribution in [0.3, 0.4) is 0 Å². The first-order chi connectivity index (χ1) is 17.1. The summed E-state index contributed by atoms with van der Waals surface area (Å²) in [5.41, 5.74) is 2.48. The van der Waals surface area contributed by atoms with Crippen molar-refractivity contribution in [2.75, 3.05) is 6.61 Å². The van der Waals surface area contributed by atoms with Crippen molar-refractivity contribution in [1.29, 1.82) is 0 Å². The summed E-state index contributed by atoms with van der Waals surface area (Å²) in [6, 6.07) is 12.2. The summed E-state index contributed by atoms with van der Waals surface area (Å²) >= 11 is 6.48. The molecule has 1 fully saturated rings. The Bertz CT molecular complexity index is 1110. The van der Waals surface area contributed by atoms with E-state index in [1.807, 2.05) is 6.07 Å². The number of hydrogen-bond acceptors (Lipinski definition) is 8. The third-order valence-corrected chi connectivity index (χ3v) is 6.17. The molecule has 5 atom stereocenters. The van der Waals surface area contributed by atoms with Crippen molar-refractivity contribution in [3.63, 3.8) is 0 Å². The normalized spacial score (nSPS) is 23.4. The molecule has 192 valence electrons. The first-order valence-corrected chi connectivity index (χ1v) is 11.8. The van der Waals surface area contributed by atoms with E-state index < -0.39 is 48.2 Å². The van der Waals surface area contributed by atoms with Crippen LogP contribution in [-0.2, 0) is 39.8 Å². The Morgan fingerprint density at radius 1 is 1.00 bits per heavy atom. The molecule has 3 rings (SSSR count). The van der Waals surface area contributed by atoms with Crippen LogP contribution < -0.4 is 0 Å². The van der Waals surface area contributed by atoms with Crippen molar-refractivity contribution in [3.05, 3.63) is 76.8 Å². The van der Waals surface area contributed by atoms with Gasteiger partial charge in [0, 0.05) is 31.7 Å². The lowest BCUT2D eigenvalue weighted by atomic mass is 9.82. The van der Waals surface area contributed by atoms with Crippen molar-refractivity contribution in [2.45, 2.75) is 51.6 Å². The summed E-state index contributed by atoms with van der Waals surface area (Å²) in [5.74, 6) is -2.12. The highest BCUT2D eigenvalue weighted by Gasteiger charge is 2.49. The van der Waals surface area contributed by atoms with E-state index in [1.165, 1.54) is 20.8 Å². The second-order valence-electron chi connectivity index (χ2n) is 8.55. The lowest BCUT2D eigenvalue weighted by Crippen LogP contribution is -2.55. The molecule has 1 heterocycles. The van der Waals surface area contributed by atoms with Crippen LogP contribution in [0.5, 0.6) is 5.75 Å². The molecule has 1 aliphatic heterocycles. The number of aromatic hydroxyl groups is 1. The summed E-state index contributed by atoms with van der Waals surface area (Å²) in [5, 5.41) is 10.1. The van der Waals surface area contributed by atoms with Gasteiger partial charge in [-0.1, -0.05) is 41.9 Å². The number of rotatable bonds is 8. The zero-order valence-electron chi connectivity index (χ0n) is 20.3. The number of hydrogen-bond donors (Lipinski definition) is 1. The second-order valence-corrected chi connectivity index (χ2v) is 8.96. The minimum absolute atomic E-state index is 0.167. The van der Waals surface area contributed by atoms with Crippen molar-refractivity contribution >= 4 is 29.5 Å². The first kappa shape index (κ1) is 27.2. The Labute approximate surface area is 214 Å². The monoisotopic (exact) mass is 516 g/mol. The molecule has 0 saturated carbocycles. The Hall–Kier alpha value is -3.36. The van der Waals surface area contributed by atoms with Crippen LogP contribution in [0.25, 0.3) is 0 Å². The van der Waals surface area contributed by atoms with Gasteiger partial charge in [-0.2, -0.15) is 0 Å². The molecule has 1 N–H and O–H groups in total. The van der Waals surface area contributed by atoms with Crippen LogP contribution in [-0.4, -0.2) is 47.9 Å². The summed E-state index contributed by atoms with van der Waals surface area (Å²) in [4.78, 5) is 35.4. The molecule has 0 aliphatic carbocycles. The van der Waals surface area contributed by atoms with Gasteiger partial charge >= 0.3 is 17.9 Å². The van der Waals surface area contributed by atoms with Gasteiger partial charge in [-0.05, 0) is 41.3 Å². The number of phenols is 1.